The third kappa shape index (κ3) is 4.02. The zero-order valence-electron chi connectivity index (χ0n) is 15.9. The minimum atomic E-state index is -0.221. The molecule has 2 aromatic heterocycles. The largest absolute Gasteiger partial charge is 0.343 e. The molecule has 0 bridgehead atoms. The number of hydrogen-bond donors (Lipinski definition) is 0. The van der Waals surface area contributed by atoms with Gasteiger partial charge in [0.15, 0.2) is 0 Å². The number of aromatic nitrogens is 2. The van der Waals surface area contributed by atoms with Gasteiger partial charge < -0.3 is 14.4 Å². The SMILES string of the molecule is CCN(CC)C(=O)C1CCCN(C(=O)Cn2ccc3ncccc3c2=O)C1. The average molecular weight is 370 g/mol. The first-order chi connectivity index (χ1) is 13.0. The van der Waals surface area contributed by atoms with Gasteiger partial charge in [0.05, 0.1) is 16.8 Å². The molecule has 0 saturated carbocycles. The molecule has 27 heavy (non-hydrogen) atoms. The van der Waals surface area contributed by atoms with E-state index in [4.69, 9.17) is 0 Å². The second kappa shape index (κ2) is 8.33. The van der Waals surface area contributed by atoms with Crippen LogP contribution >= 0.6 is 0 Å². The number of pyridine rings is 2. The molecule has 3 rings (SSSR count). The third-order valence-electron chi connectivity index (χ3n) is 5.25. The highest BCUT2D eigenvalue weighted by molar-refractivity contribution is 5.82. The van der Waals surface area contributed by atoms with E-state index in [-0.39, 0.29) is 29.8 Å². The van der Waals surface area contributed by atoms with Crippen molar-refractivity contribution in [2.75, 3.05) is 26.2 Å². The molecule has 1 saturated heterocycles. The molecular formula is C20H26N4O3. The molecule has 2 aromatic rings. The van der Waals surface area contributed by atoms with Crippen LogP contribution in [0.5, 0.6) is 0 Å². The smallest absolute Gasteiger partial charge is 0.260 e. The quantitative estimate of drug-likeness (QED) is 0.799. The molecule has 0 spiro atoms. The van der Waals surface area contributed by atoms with Crippen LogP contribution in [-0.2, 0) is 16.1 Å². The molecule has 0 N–H and O–H groups in total. The van der Waals surface area contributed by atoms with Crippen LogP contribution in [0.3, 0.4) is 0 Å². The number of carbonyl (C=O) groups excluding carboxylic acids is 2. The van der Waals surface area contributed by atoms with Gasteiger partial charge in [0.25, 0.3) is 5.56 Å². The maximum atomic E-state index is 12.8. The first-order valence-electron chi connectivity index (χ1n) is 9.55. The zero-order valence-corrected chi connectivity index (χ0v) is 15.9. The van der Waals surface area contributed by atoms with Gasteiger partial charge >= 0.3 is 0 Å². The Morgan fingerprint density at radius 3 is 2.78 bits per heavy atom. The van der Waals surface area contributed by atoms with Gasteiger partial charge in [-0.1, -0.05) is 0 Å². The molecule has 144 valence electrons. The highest BCUT2D eigenvalue weighted by Crippen LogP contribution is 2.19. The van der Waals surface area contributed by atoms with Crippen LogP contribution < -0.4 is 5.56 Å². The molecule has 2 amide bonds. The molecule has 1 aliphatic rings. The maximum absolute atomic E-state index is 12.8. The summed E-state index contributed by atoms with van der Waals surface area (Å²) in [5, 5.41) is 0.501. The minimum Gasteiger partial charge on any atom is -0.343 e. The number of likely N-dealkylation sites (tertiary alicyclic amines) is 1. The molecule has 1 atom stereocenters. The van der Waals surface area contributed by atoms with Gasteiger partial charge in [-0.05, 0) is 44.9 Å². The van der Waals surface area contributed by atoms with Crippen LogP contribution in [0, 0.1) is 5.92 Å². The van der Waals surface area contributed by atoms with Crippen molar-refractivity contribution in [3.05, 3.63) is 40.9 Å². The molecular weight excluding hydrogens is 344 g/mol. The van der Waals surface area contributed by atoms with Gasteiger partial charge in [-0.15, -0.1) is 0 Å². The van der Waals surface area contributed by atoms with Gasteiger partial charge in [-0.25, -0.2) is 0 Å². The van der Waals surface area contributed by atoms with Gasteiger partial charge in [-0.3, -0.25) is 19.4 Å². The number of rotatable bonds is 5. The Kier molecular flexibility index (Phi) is 5.88. The lowest BCUT2D eigenvalue weighted by Crippen LogP contribution is -2.48. The molecule has 7 heteroatoms. The second-order valence-electron chi connectivity index (χ2n) is 6.87. The Labute approximate surface area is 158 Å². The minimum absolute atomic E-state index is 0.0180. The predicted octanol–water partition coefficient (Wildman–Crippen LogP) is 1.50. The van der Waals surface area contributed by atoms with Crippen molar-refractivity contribution < 1.29 is 9.59 Å². The lowest BCUT2D eigenvalue weighted by atomic mass is 9.96. The fraction of sp³-hybridized carbons (Fsp3) is 0.500. The van der Waals surface area contributed by atoms with Gasteiger partial charge in [0.1, 0.15) is 6.54 Å². The Hall–Kier alpha value is -2.70. The first-order valence-corrected chi connectivity index (χ1v) is 9.55. The van der Waals surface area contributed by atoms with E-state index in [2.05, 4.69) is 4.98 Å². The normalized spacial score (nSPS) is 17.1. The van der Waals surface area contributed by atoms with Crippen molar-refractivity contribution in [2.24, 2.45) is 5.92 Å². The van der Waals surface area contributed by atoms with Crippen molar-refractivity contribution in [1.82, 2.24) is 19.4 Å². The van der Waals surface area contributed by atoms with Crippen LogP contribution in [0.4, 0.5) is 0 Å². The number of fused-ring (bicyclic) bond motifs is 1. The van der Waals surface area contributed by atoms with E-state index in [1.807, 2.05) is 18.7 Å². The molecule has 1 aliphatic heterocycles. The molecule has 3 heterocycles. The lowest BCUT2D eigenvalue weighted by Gasteiger charge is -2.34. The summed E-state index contributed by atoms with van der Waals surface area (Å²) in [7, 11) is 0. The number of piperidine rings is 1. The standard InChI is InChI=1S/C20H26N4O3/c1-3-22(4-2)19(26)15-7-6-11-23(13-15)18(25)14-24-12-9-17-16(20(24)27)8-5-10-21-17/h5,8-10,12,15H,3-4,6-7,11,13-14H2,1-2H3. The topological polar surface area (TPSA) is 75.5 Å². The summed E-state index contributed by atoms with van der Waals surface area (Å²) in [6.07, 6.45) is 4.86. The molecule has 1 unspecified atom stereocenters. The van der Waals surface area contributed by atoms with Gasteiger partial charge in [-0.2, -0.15) is 0 Å². The Morgan fingerprint density at radius 1 is 1.26 bits per heavy atom. The van der Waals surface area contributed by atoms with Crippen molar-refractivity contribution in [2.45, 2.75) is 33.2 Å². The van der Waals surface area contributed by atoms with Crippen LogP contribution in [0.2, 0.25) is 0 Å². The highest BCUT2D eigenvalue weighted by atomic mass is 16.2. The first kappa shape index (κ1) is 19.1. The third-order valence-corrected chi connectivity index (χ3v) is 5.25. The summed E-state index contributed by atoms with van der Waals surface area (Å²) in [6.45, 7) is 6.33. The number of nitrogens with zero attached hydrogens (tertiary/aromatic N) is 4. The molecule has 0 aliphatic carbocycles. The van der Waals surface area contributed by atoms with E-state index in [0.717, 1.165) is 12.8 Å². The molecule has 0 aromatic carbocycles. The fourth-order valence-electron chi connectivity index (χ4n) is 3.68. The monoisotopic (exact) mass is 370 g/mol. The molecule has 0 radical (unpaired) electrons. The summed E-state index contributed by atoms with van der Waals surface area (Å²) in [5.41, 5.74) is 0.399. The van der Waals surface area contributed by atoms with Crippen molar-refractivity contribution in [3.63, 3.8) is 0 Å². The summed E-state index contributed by atoms with van der Waals surface area (Å²) in [5.74, 6) is -0.163. The van der Waals surface area contributed by atoms with E-state index < -0.39 is 0 Å². The average Bonchev–Trinajstić information content (AvgIpc) is 2.71. The zero-order chi connectivity index (χ0) is 19.4. The number of amides is 2. The van der Waals surface area contributed by atoms with E-state index in [1.165, 1.54) is 4.57 Å². The van der Waals surface area contributed by atoms with Crippen LogP contribution in [0.15, 0.2) is 35.4 Å². The second-order valence-corrected chi connectivity index (χ2v) is 6.87. The summed E-state index contributed by atoms with van der Waals surface area (Å²) < 4.78 is 1.42. The summed E-state index contributed by atoms with van der Waals surface area (Å²) >= 11 is 0. The van der Waals surface area contributed by atoms with Crippen molar-refractivity contribution in [1.29, 1.82) is 0 Å². The molecule has 7 nitrogen and oxygen atoms in total. The van der Waals surface area contributed by atoms with E-state index in [9.17, 15) is 14.4 Å². The maximum Gasteiger partial charge on any atom is 0.260 e. The van der Waals surface area contributed by atoms with E-state index in [0.29, 0.717) is 37.1 Å². The van der Waals surface area contributed by atoms with E-state index >= 15 is 0 Å². The van der Waals surface area contributed by atoms with Crippen LogP contribution in [-0.4, -0.2) is 57.3 Å². The van der Waals surface area contributed by atoms with Gasteiger partial charge in [0.2, 0.25) is 11.8 Å². The van der Waals surface area contributed by atoms with Crippen molar-refractivity contribution >= 4 is 22.7 Å². The summed E-state index contributed by atoms with van der Waals surface area (Å²) in [6, 6.07) is 5.17. The van der Waals surface area contributed by atoms with Crippen LogP contribution in [0.25, 0.3) is 10.9 Å². The van der Waals surface area contributed by atoms with Gasteiger partial charge in [0, 0.05) is 38.6 Å². The highest BCUT2D eigenvalue weighted by Gasteiger charge is 2.30. The number of hydrogen-bond acceptors (Lipinski definition) is 4. The fourth-order valence-corrected chi connectivity index (χ4v) is 3.68. The summed E-state index contributed by atoms with van der Waals surface area (Å²) in [4.78, 5) is 45.6. The van der Waals surface area contributed by atoms with Crippen LogP contribution in [0.1, 0.15) is 26.7 Å². The number of carbonyl (C=O) groups is 2. The van der Waals surface area contributed by atoms with E-state index in [1.54, 1.807) is 35.5 Å². The predicted molar refractivity (Wildman–Crippen MR) is 103 cm³/mol. The van der Waals surface area contributed by atoms with Crippen molar-refractivity contribution in [3.8, 4) is 0 Å². The Bertz CT molecular complexity index is 888. The lowest BCUT2D eigenvalue weighted by molar-refractivity contribution is -0.140. The Balaban J connectivity index is 1.72. The Morgan fingerprint density at radius 2 is 2.04 bits per heavy atom. The molecule has 1 fully saturated rings.